The molecule has 0 aliphatic heterocycles. The van der Waals surface area contributed by atoms with E-state index in [4.69, 9.17) is 5.11 Å². The maximum absolute atomic E-state index is 9.29. The van der Waals surface area contributed by atoms with Crippen LogP contribution in [0.1, 0.15) is 0 Å². The van der Waals surface area contributed by atoms with Gasteiger partial charge in [-0.25, -0.2) is 0 Å². The number of carboxylic acids is 1. The van der Waals surface area contributed by atoms with Gasteiger partial charge in [-0.2, -0.15) is 12.6 Å². The molecule has 0 spiro atoms. The van der Waals surface area contributed by atoms with Crippen LogP contribution in [0.15, 0.2) is 0 Å². The van der Waals surface area contributed by atoms with E-state index in [1.54, 1.807) is 0 Å². The molecular weight excluding hydrogens is 144 g/mol. The Hall–Kier alpha value is 0.339. The molecule has 6 heavy (non-hydrogen) atoms. The maximum atomic E-state index is 9.29. The minimum absolute atomic E-state index is 0. The molecule has 0 fully saturated rings. The average molecular weight is 148 g/mol. The molecule has 0 bridgehead atoms. The second-order valence-electron chi connectivity index (χ2n) is 0.552. The summed E-state index contributed by atoms with van der Waals surface area (Å²) in [7, 11) is 0. The maximum Gasteiger partial charge on any atom is 0.313 e. The van der Waals surface area contributed by atoms with Crippen molar-refractivity contribution in [2.75, 3.05) is 5.75 Å². The number of carbonyl (C=O) groups is 1. The Morgan fingerprint density at radius 1 is 1.83 bits per heavy atom. The van der Waals surface area contributed by atoms with Crippen LogP contribution in [-0.2, 0) is 21.9 Å². The van der Waals surface area contributed by atoms with Crippen molar-refractivity contribution >= 4 is 18.6 Å². The Morgan fingerprint density at radius 2 is 2.00 bits per heavy atom. The van der Waals surface area contributed by atoms with Crippen LogP contribution in [0.5, 0.6) is 0 Å². The van der Waals surface area contributed by atoms with Gasteiger partial charge in [-0.15, -0.1) is 0 Å². The smallest absolute Gasteiger partial charge is 0.313 e. The Kier molecular flexibility index (Phi) is 8.54. The van der Waals surface area contributed by atoms with Crippen LogP contribution in [0.2, 0.25) is 0 Å². The fourth-order valence-corrected chi connectivity index (χ4v) is 0. The minimum atomic E-state index is -0.881. The Bertz CT molecular complexity index is 46.8. The molecule has 0 aliphatic rings. The van der Waals surface area contributed by atoms with Crippen molar-refractivity contribution < 1.29 is 27.0 Å². The van der Waals surface area contributed by atoms with E-state index in [0.717, 1.165) is 0 Å². The SMILES string of the molecule is O=C(O)CS.[Fe]. The van der Waals surface area contributed by atoms with Gasteiger partial charge in [0.2, 0.25) is 0 Å². The van der Waals surface area contributed by atoms with Crippen molar-refractivity contribution in [3.8, 4) is 0 Å². The predicted octanol–water partition coefficient (Wildman–Crippen LogP) is -0.00170. The molecule has 4 heteroatoms. The van der Waals surface area contributed by atoms with Gasteiger partial charge in [0.15, 0.2) is 0 Å². The molecular formula is C2H4FeO2S. The molecule has 0 heterocycles. The molecule has 0 atom stereocenters. The summed E-state index contributed by atoms with van der Waals surface area (Å²) in [4.78, 5) is 9.29. The van der Waals surface area contributed by atoms with Gasteiger partial charge in [-0.05, 0) is 0 Å². The van der Waals surface area contributed by atoms with Gasteiger partial charge in [0.1, 0.15) is 0 Å². The zero-order valence-electron chi connectivity index (χ0n) is 2.86. The van der Waals surface area contributed by atoms with Gasteiger partial charge in [-0.3, -0.25) is 4.79 Å². The van der Waals surface area contributed by atoms with Crippen LogP contribution in [0.4, 0.5) is 0 Å². The number of thiol groups is 1. The first-order valence-corrected chi connectivity index (χ1v) is 1.73. The van der Waals surface area contributed by atoms with E-state index in [-0.39, 0.29) is 22.8 Å². The number of hydrogen-bond acceptors (Lipinski definition) is 2. The fourth-order valence-electron chi connectivity index (χ4n) is 0. The van der Waals surface area contributed by atoms with E-state index in [1.807, 2.05) is 0 Å². The van der Waals surface area contributed by atoms with E-state index in [0.29, 0.717) is 0 Å². The second-order valence-corrected chi connectivity index (χ2v) is 0.868. The Labute approximate surface area is 51.8 Å². The predicted molar refractivity (Wildman–Crippen MR) is 21.5 cm³/mol. The van der Waals surface area contributed by atoms with Crippen LogP contribution in [0.3, 0.4) is 0 Å². The summed E-state index contributed by atoms with van der Waals surface area (Å²) in [5.41, 5.74) is 0. The van der Waals surface area contributed by atoms with E-state index in [1.165, 1.54) is 0 Å². The molecule has 0 aromatic rings. The van der Waals surface area contributed by atoms with Gasteiger partial charge in [-0.1, -0.05) is 0 Å². The number of aliphatic carboxylic acids is 1. The third-order valence-electron chi connectivity index (χ3n) is 0.135. The number of hydrogen-bond donors (Lipinski definition) is 2. The van der Waals surface area contributed by atoms with E-state index in [9.17, 15) is 4.79 Å². The molecule has 0 aliphatic carbocycles. The third-order valence-corrected chi connectivity index (χ3v) is 0.406. The molecule has 0 rings (SSSR count). The van der Waals surface area contributed by atoms with Gasteiger partial charge in [0.25, 0.3) is 0 Å². The summed E-state index contributed by atoms with van der Waals surface area (Å²) in [6.45, 7) is 0. The summed E-state index contributed by atoms with van der Waals surface area (Å²) in [6, 6.07) is 0. The van der Waals surface area contributed by atoms with E-state index >= 15 is 0 Å². The Balaban J connectivity index is 0. The number of carboxylic acid groups (broad SMARTS) is 1. The molecule has 0 aromatic heterocycles. The molecule has 1 N–H and O–H groups in total. The van der Waals surface area contributed by atoms with Crippen LogP contribution >= 0.6 is 12.6 Å². The van der Waals surface area contributed by atoms with Gasteiger partial charge in [0, 0.05) is 17.1 Å². The van der Waals surface area contributed by atoms with Crippen LogP contribution in [0.25, 0.3) is 0 Å². The molecule has 2 nitrogen and oxygen atoms in total. The average Bonchev–Trinajstić information content (AvgIpc) is 1.38. The van der Waals surface area contributed by atoms with E-state index < -0.39 is 5.97 Å². The molecule has 0 unspecified atom stereocenters. The summed E-state index contributed by atoms with van der Waals surface area (Å²) in [6.07, 6.45) is 0. The van der Waals surface area contributed by atoms with Crippen molar-refractivity contribution in [1.82, 2.24) is 0 Å². The van der Waals surface area contributed by atoms with E-state index in [2.05, 4.69) is 12.6 Å². The largest absolute Gasteiger partial charge is 0.481 e. The van der Waals surface area contributed by atoms with Crippen molar-refractivity contribution in [1.29, 1.82) is 0 Å². The van der Waals surface area contributed by atoms with Crippen molar-refractivity contribution in [2.24, 2.45) is 0 Å². The van der Waals surface area contributed by atoms with Gasteiger partial charge >= 0.3 is 5.97 Å². The zero-order valence-corrected chi connectivity index (χ0v) is 4.86. The normalized spacial score (nSPS) is 6.17. The second kappa shape index (κ2) is 5.34. The first kappa shape index (κ1) is 9.60. The quantitative estimate of drug-likeness (QED) is 0.405. The zero-order chi connectivity index (χ0) is 4.28. The first-order chi connectivity index (χ1) is 2.27. The first-order valence-electron chi connectivity index (χ1n) is 1.10. The van der Waals surface area contributed by atoms with Gasteiger partial charge in [0.05, 0.1) is 5.75 Å². The van der Waals surface area contributed by atoms with Crippen LogP contribution in [-0.4, -0.2) is 16.8 Å². The minimum Gasteiger partial charge on any atom is -0.481 e. The summed E-state index contributed by atoms with van der Waals surface area (Å²) in [5, 5.41) is 7.65. The molecule has 0 radical (unpaired) electrons. The summed E-state index contributed by atoms with van der Waals surface area (Å²) < 4.78 is 0. The summed E-state index contributed by atoms with van der Waals surface area (Å²) in [5.74, 6) is -0.965. The van der Waals surface area contributed by atoms with Crippen molar-refractivity contribution in [3.63, 3.8) is 0 Å². The molecule has 0 aromatic carbocycles. The topological polar surface area (TPSA) is 37.3 Å². The molecule has 0 amide bonds. The standard InChI is InChI=1S/C2H4O2S.Fe/c3-2(4)1-5;/h5H,1H2,(H,3,4);. The monoisotopic (exact) mass is 148 g/mol. The number of rotatable bonds is 1. The Morgan fingerprint density at radius 3 is 2.00 bits per heavy atom. The summed E-state index contributed by atoms with van der Waals surface area (Å²) >= 11 is 3.42. The van der Waals surface area contributed by atoms with Crippen LogP contribution < -0.4 is 0 Å². The van der Waals surface area contributed by atoms with Gasteiger partial charge < -0.3 is 5.11 Å². The molecule has 38 valence electrons. The van der Waals surface area contributed by atoms with Crippen molar-refractivity contribution in [3.05, 3.63) is 0 Å². The third kappa shape index (κ3) is 8.84. The van der Waals surface area contributed by atoms with Crippen molar-refractivity contribution in [2.45, 2.75) is 0 Å². The molecule has 0 saturated carbocycles. The fraction of sp³-hybridized carbons (Fsp3) is 0.500. The van der Waals surface area contributed by atoms with Crippen LogP contribution in [0, 0.1) is 0 Å². The molecule has 0 saturated heterocycles.